The van der Waals surface area contributed by atoms with Crippen LogP contribution >= 0.6 is 0 Å². The summed E-state index contributed by atoms with van der Waals surface area (Å²) in [6.07, 6.45) is 3.06. The Morgan fingerprint density at radius 3 is 2.36 bits per heavy atom. The number of amides is 1. The first kappa shape index (κ1) is 15.5. The van der Waals surface area contributed by atoms with Gasteiger partial charge in [-0.2, -0.15) is 5.26 Å². The lowest BCUT2D eigenvalue weighted by Gasteiger charge is -2.07. The molecule has 7 nitrogen and oxygen atoms in total. The van der Waals surface area contributed by atoms with Gasteiger partial charge in [-0.3, -0.25) is 4.79 Å². The van der Waals surface area contributed by atoms with Gasteiger partial charge in [-0.25, -0.2) is 13.6 Å². The summed E-state index contributed by atoms with van der Waals surface area (Å²) in [5, 5.41) is 13.9. The van der Waals surface area contributed by atoms with Crippen LogP contribution in [0.4, 0.5) is 0 Å². The fraction of sp³-hybridized carbons (Fsp3) is 0. The molecule has 1 aromatic carbocycles. The van der Waals surface area contributed by atoms with E-state index in [4.69, 9.17) is 16.1 Å². The second kappa shape index (κ2) is 5.85. The Kier molecular flexibility index (Phi) is 4.12. The number of benzene rings is 1. The number of rotatable bonds is 4. The minimum atomic E-state index is -3.76. The third kappa shape index (κ3) is 3.22. The van der Waals surface area contributed by atoms with Gasteiger partial charge in [0.05, 0.1) is 4.90 Å². The van der Waals surface area contributed by atoms with Gasteiger partial charge in [0.25, 0.3) is 5.91 Å². The molecule has 2 aromatic rings. The second-order valence-electron chi connectivity index (χ2n) is 4.38. The highest BCUT2D eigenvalue weighted by molar-refractivity contribution is 7.89. The predicted octanol–water partition coefficient (Wildman–Crippen LogP) is 0.517. The zero-order valence-corrected chi connectivity index (χ0v) is 12.1. The Morgan fingerprint density at radius 2 is 1.86 bits per heavy atom. The minimum absolute atomic E-state index is 0.00431. The van der Waals surface area contributed by atoms with Crippen LogP contribution in [0, 0.1) is 11.3 Å². The molecule has 0 aliphatic rings. The lowest BCUT2D eigenvalue weighted by Crippen LogP contribution is -2.13. The largest absolute Gasteiger partial charge is 0.365 e. The lowest BCUT2D eigenvalue weighted by atomic mass is 10.2. The average Bonchev–Trinajstić information content (AvgIpc) is 2.91. The van der Waals surface area contributed by atoms with Crippen molar-refractivity contribution in [3.05, 3.63) is 53.9 Å². The Balaban J connectivity index is 2.46. The number of primary amides is 1. The molecule has 0 aliphatic carbocycles. The summed E-state index contributed by atoms with van der Waals surface area (Å²) in [5.74, 6) is -0.820. The molecule has 1 aromatic heterocycles. The summed E-state index contributed by atoms with van der Waals surface area (Å²) in [6, 6.07) is 11.0. The molecule has 8 heteroatoms. The van der Waals surface area contributed by atoms with E-state index in [1.54, 1.807) is 41.1 Å². The second-order valence-corrected chi connectivity index (χ2v) is 5.94. The smallest absolute Gasteiger partial charge is 0.259 e. The first-order chi connectivity index (χ1) is 10.3. The molecule has 0 atom stereocenters. The molecule has 0 saturated carbocycles. The summed E-state index contributed by atoms with van der Waals surface area (Å²) in [4.78, 5) is 11.1. The first-order valence-corrected chi connectivity index (χ1v) is 7.60. The highest BCUT2D eigenvalue weighted by Crippen LogP contribution is 2.17. The number of hydrogen-bond donors (Lipinski definition) is 2. The number of primary sulfonamides is 1. The third-order valence-electron chi connectivity index (χ3n) is 2.90. The number of aromatic nitrogens is 1. The van der Waals surface area contributed by atoms with Gasteiger partial charge in [0.15, 0.2) is 0 Å². The Hall–Kier alpha value is -2.89. The molecular weight excluding hydrogens is 304 g/mol. The van der Waals surface area contributed by atoms with E-state index in [2.05, 4.69) is 0 Å². The summed E-state index contributed by atoms with van der Waals surface area (Å²) in [5.41, 5.74) is 6.12. The van der Waals surface area contributed by atoms with E-state index in [0.29, 0.717) is 11.4 Å². The van der Waals surface area contributed by atoms with Crippen molar-refractivity contribution in [1.29, 1.82) is 5.26 Å². The van der Waals surface area contributed by atoms with Gasteiger partial charge < -0.3 is 10.3 Å². The van der Waals surface area contributed by atoms with Gasteiger partial charge in [-0.1, -0.05) is 0 Å². The van der Waals surface area contributed by atoms with Crippen LogP contribution < -0.4 is 10.9 Å². The van der Waals surface area contributed by atoms with Crippen molar-refractivity contribution in [3.8, 4) is 11.8 Å². The van der Waals surface area contributed by atoms with E-state index in [1.165, 1.54) is 18.2 Å². The molecule has 0 saturated heterocycles. The number of sulfonamides is 1. The number of nitriles is 1. The fourth-order valence-electron chi connectivity index (χ4n) is 1.85. The third-order valence-corrected chi connectivity index (χ3v) is 3.83. The van der Waals surface area contributed by atoms with Crippen LogP contribution in [0.1, 0.15) is 5.69 Å². The molecule has 0 bridgehead atoms. The molecule has 0 radical (unpaired) electrons. The van der Waals surface area contributed by atoms with Crippen LogP contribution in [0.5, 0.6) is 0 Å². The number of hydrogen-bond acceptors (Lipinski definition) is 4. The maximum absolute atomic E-state index is 11.2. The molecule has 0 unspecified atom stereocenters. The normalized spacial score (nSPS) is 11.9. The highest BCUT2D eigenvalue weighted by Gasteiger charge is 2.09. The van der Waals surface area contributed by atoms with Gasteiger partial charge in [0, 0.05) is 17.6 Å². The van der Waals surface area contributed by atoms with Gasteiger partial charge in [-0.05, 0) is 42.5 Å². The molecule has 2 rings (SSSR count). The Labute approximate surface area is 127 Å². The molecule has 1 heterocycles. The zero-order valence-electron chi connectivity index (χ0n) is 11.3. The minimum Gasteiger partial charge on any atom is -0.365 e. The van der Waals surface area contributed by atoms with Crippen molar-refractivity contribution in [3.63, 3.8) is 0 Å². The van der Waals surface area contributed by atoms with Crippen LogP contribution in [-0.4, -0.2) is 18.9 Å². The summed E-state index contributed by atoms with van der Waals surface area (Å²) in [6.45, 7) is 0. The fourth-order valence-corrected chi connectivity index (χ4v) is 2.37. The van der Waals surface area contributed by atoms with Crippen molar-refractivity contribution in [2.75, 3.05) is 0 Å². The van der Waals surface area contributed by atoms with Gasteiger partial charge in [-0.15, -0.1) is 0 Å². The van der Waals surface area contributed by atoms with Crippen LogP contribution in [0.25, 0.3) is 11.8 Å². The average molecular weight is 316 g/mol. The van der Waals surface area contributed by atoms with Gasteiger partial charge in [0.2, 0.25) is 10.0 Å². The van der Waals surface area contributed by atoms with E-state index in [0.717, 1.165) is 0 Å². The summed E-state index contributed by atoms with van der Waals surface area (Å²) in [7, 11) is -3.76. The summed E-state index contributed by atoms with van der Waals surface area (Å²) >= 11 is 0. The van der Waals surface area contributed by atoms with Crippen molar-refractivity contribution < 1.29 is 13.2 Å². The van der Waals surface area contributed by atoms with Crippen molar-refractivity contribution in [2.45, 2.75) is 4.90 Å². The van der Waals surface area contributed by atoms with Crippen LogP contribution in [0.2, 0.25) is 0 Å². The maximum Gasteiger partial charge on any atom is 0.259 e. The highest BCUT2D eigenvalue weighted by atomic mass is 32.2. The van der Waals surface area contributed by atoms with Crippen LogP contribution in [0.15, 0.2) is 53.1 Å². The van der Waals surface area contributed by atoms with Crippen molar-refractivity contribution in [2.24, 2.45) is 10.9 Å². The quantitative estimate of drug-likeness (QED) is 0.628. The zero-order chi connectivity index (χ0) is 16.3. The lowest BCUT2D eigenvalue weighted by molar-refractivity contribution is -0.114. The molecule has 0 spiro atoms. The molecule has 4 N–H and O–H groups in total. The monoisotopic (exact) mass is 316 g/mol. The van der Waals surface area contributed by atoms with E-state index < -0.39 is 15.9 Å². The number of carbonyl (C=O) groups is 1. The number of nitrogens with two attached hydrogens (primary N) is 2. The molecule has 0 fully saturated rings. The Morgan fingerprint density at radius 1 is 1.23 bits per heavy atom. The number of nitrogens with zero attached hydrogens (tertiary/aromatic N) is 2. The topological polar surface area (TPSA) is 132 Å². The van der Waals surface area contributed by atoms with Gasteiger partial charge >= 0.3 is 0 Å². The molecule has 0 aliphatic heterocycles. The SMILES string of the molecule is N#C/C(=C/c1cccn1-c1ccc(S(N)(=O)=O)cc1)C(N)=O. The van der Waals surface area contributed by atoms with E-state index in [9.17, 15) is 13.2 Å². The Bertz CT molecular complexity index is 887. The first-order valence-electron chi connectivity index (χ1n) is 6.05. The summed E-state index contributed by atoms with van der Waals surface area (Å²) < 4.78 is 24.1. The maximum atomic E-state index is 11.2. The predicted molar refractivity (Wildman–Crippen MR) is 79.9 cm³/mol. The standard InChI is InChI=1S/C14H12N4O3S/c15-9-10(14(16)19)8-12-2-1-7-18(12)11-3-5-13(6-4-11)22(17,20)21/h1-8H,(H2,16,19)(H2,17,20,21)/b10-8-. The van der Waals surface area contributed by atoms with E-state index >= 15 is 0 Å². The van der Waals surface area contributed by atoms with Crippen molar-refractivity contribution in [1.82, 2.24) is 4.57 Å². The molecular formula is C14H12N4O3S. The molecule has 22 heavy (non-hydrogen) atoms. The van der Waals surface area contributed by atoms with Crippen molar-refractivity contribution >= 4 is 22.0 Å². The van der Waals surface area contributed by atoms with Crippen LogP contribution in [0.3, 0.4) is 0 Å². The van der Waals surface area contributed by atoms with E-state index in [-0.39, 0.29) is 10.5 Å². The molecule has 112 valence electrons. The van der Waals surface area contributed by atoms with E-state index in [1.807, 2.05) is 0 Å². The molecule has 1 amide bonds. The number of carbonyl (C=O) groups excluding carboxylic acids is 1. The van der Waals surface area contributed by atoms with Crippen LogP contribution in [-0.2, 0) is 14.8 Å². The van der Waals surface area contributed by atoms with Gasteiger partial charge in [0.1, 0.15) is 11.6 Å².